The highest BCUT2D eigenvalue weighted by Gasteiger charge is 2.28. The van der Waals surface area contributed by atoms with Crippen molar-refractivity contribution in [3.8, 4) is 0 Å². The van der Waals surface area contributed by atoms with E-state index < -0.39 is 39.8 Å². The van der Waals surface area contributed by atoms with E-state index in [0.717, 1.165) is 6.92 Å². The summed E-state index contributed by atoms with van der Waals surface area (Å²) in [5, 5.41) is 15.6. The van der Waals surface area contributed by atoms with E-state index in [1.54, 1.807) is 4.72 Å². The van der Waals surface area contributed by atoms with Crippen LogP contribution in [0.1, 0.15) is 6.92 Å². The van der Waals surface area contributed by atoms with Gasteiger partial charge in [-0.3, -0.25) is 9.59 Å². The highest BCUT2D eigenvalue weighted by Crippen LogP contribution is 1.98. The van der Waals surface area contributed by atoms with Crippen molar-refractivity contribution < 1.29 is 28.2 Å². The van der Waals surface area contributed by atoms with E-state index in [-0.39, 0.29) is 0 Å². The van der Waals surface area contributed by atoms with Crippen LogP contribution in [0.25, 0.3) is 0 Å². The fourth-order valence-corrected chi connectivity index (χ4v) is 1.46. The van der Waals surface area contributed by atoms with E-state index in [1.165, 1.54) is 0 Å². The first-order chi connectivity index (χ1) is 6.68. The van der Waals surface area contributed by atoms with Gasteiger partial charge in [0.15, 0.2) is 5.25 Å². The van der Waals surface area contributed by atoms with Crippen LogP contribution < -0.4 is 10.5 Å². The van der Waals surface area contributed by atoms with Gasteiger partial charge in [0.2, 0.25) is 15.9 Å². The maximum absolute atomic E-state index is 11.1. The van der Waals surface area contributed by atoms with Crippen LogP contribution in [-0.2, 0) is 19.6 Å². The number of aliphatic carboxylic acids is 1. The summed E-state index contributed by atoms with van der Waals surface area (Å²) >= 11 is 0. The SMILES string of the molecule is CC(C(=O)O)S(=O)(=O)NCC(O)C(N)=O. The molecule has 0 aliphatic rings. The fourth-order valence-electron chi connectivity index (χ4n) is 0.553. The Balaban J connectivity index is 4.41. The second kappa shape index (κ2) is 5.05. The Morgan fingerprint density at radius 1 is 1.47 bits per heavy atom. The van der Waals surface area contributed by atoms with E-state index >= 15 is 0 Å². The molecule has 0 rings (SSSR count). The number of carboxylic acids is 1. The van der Waals surface area contributed by atoms with Gasteiger partial charge in [-0.15, -0.1) is 0 Å². The van der Waals surface area contributed by atoms with E-state index in [1.807, 2.05) is 0 Å². The zero-order valence-corrected chi connectivity index (χ0v) is 8.69. The number of carboxylic acid groups (broad SMARTS) is 1. The average Bonchev–Trinajstić information content (AvgIpc) is 2.12. The molecule has 0 saturated carbocycles. The Bertz CT molecular complexity index is 351. The van der Waals surface area contributed by atoms with Gasteiger partial charge in [-0.2, -0.15) is 0 Å². The summed E-state index contributed by atoms with van der Waals surface area (Å²) < 4.78 is 24.0. The van der Waals surface area contributed by atoms with Crippen LogP contribution >= 0.6 is 0 Å². The van der Waals surface area contributed by atoms with Gasteiger partial charge in [0, 0.05) is 6.54 Å². The summed E-state index contributed by atoms with van der Waals surface area (Å²) in [6.07, 6.45) is -1.68. The van der Waals surface area contributed by atoms with Crippen molar-refractivity contribution >= 4 is 21.9 Å². The van der Waals surface area contributed by atoms with E-state index in [4.69, 9.17) is 10.2 Å². The second-order valence-electron chi connectivity index (χ2n) is 2.79. The molecule has 0 fully saturated rings. The number of primary amides is 1. The van der Waals surface area contributed by atoms with E-state index in [2.05, 4.69) is 5.73 Å². The maximum Gasteiger partial charge on any atom is 0.323 e. The molecular weight excluding hydrogens is 228 g/mol. The van der Waals surface area contributed by atoms with Gasteiger partial charge >= 0.3 is 5.97 Å². The van der Waals surface area contributed by atoms with Crippen LogP contribution in [0.15, 0.2) is 0 Å². The van der Waals surface area contributed by atoms with Gasteiger partial charge in [-0.25, -0.2) is 13.1 Å². The lowest BCUT2D eigenvalue weighted by molar-refractivity contribution is -0.136. The number of sulfonamides is 1. The topological polar surface area (TPSA) is 147 Å². The molecule has 0 aromatic rings. The summed E-state index contributed by atoms with van der Waals surface area (Å²) in [6, 6.07) is 0. The van der Waals surface area contributed by atoms with E-state index in [0.29, 0.717) is 0 Å². The van der Waals surface area contributed by atoms with Gasteiger partial charge in [-0.1, -0.05) is 0 Å². The second-order valence-corrected chi connectivity index (χ2v) is 4.88. The van der Waals surface area contributed by atoms with Crippen molar-refractivity contribution in [1.82, 2.24) is 4.72 Å². The molecule has 0 aliphatic heterocycles. The highest BCUT2D eigenvalue weighted by molar-refractivity contribution is 7.90. The van der Waals surface area contributed by atoms with Crippen molar-refractivity contribution in [3.05, 3.63) is 0 Å². The number of nitrogens with two attached hydrogens (primary N) is 1. The number of hydrogen-bond acceptors (Lipinski definition) is 5. The zero-order chi connectivity index (χ0) is 12.2. The number of carbonyl (C=O) groups is 2. The fraction of sp³-hybridized carbons (Fsp3) is 0.667. The lowest BCUT2D eigenvalue weighted by Gasteiger charge is -2.11. The van der Waals surface area contributed by atoms with Crippen LogP contribution in [0.4, 0.5) is 0 Å². The average molecular weight is 240 g/mol. The number of hydrogen-bond donors (Lipinski definition) is 4. The van der Waals surface area contributed by atoms with Crippen molar-refractivity contribution in [2.24, 2.45) is 5.73 Å². The van der Waals surface area contributed by atoms with Crippen LogP contribution in [0.3, 0.4) is 0 Å². The van der Waals surface area contributed by atoms with Gasteiger partial charge in [0.25, 0.3) is 0 Å². The first-order valence-corrected chi connectivity index (χ1v) is 5.41. The van der Waals surface area contributed by atoms with Crippen molar-refractivity contribution in [1.29, 1.82) is 0 Å². The molecule has 2 atom stereocenters. The molecule has 15 heavy (non-hydrogen) atoms. The molecule has 0 heterocycles. The molecule has 0 saturated heterocycles. The first-order valence-electron chi connectivity index (χ1n) is 3.87. The highest BCUT2D eigenvalue weighted by atomic mass is 32.2. The zero-order valence-electron chi connectivity index (χ0n) is 7.87. The normalized spacial score (nSPS) is 15.6. The Hall–Kier alpha value is -1.19. The number of carbonyl (C=O) groups excluding carboxylic acids is 1. The minimum absolute atomic E-state index is 0.644. The van der Waals surface area contributed by atoms with Gasteiger partial charge in [0.1, 0.15) is 6.10 Å². The minimum Gasteiger partial charge on any atom is -0.480 e. The lowest BCUT2D eigenvalue weighted by atomic mass is 10.3. The number of nitrogens with one attached hydrogen (secondary N) is 1. The Kier molecular flexibility index (Phi) is 4.65. The summed E-state index contributed by atoms with van der Waals surface area (Å²) in [4.78, 5) is 20.7. The van der Waals surface area contributed by atoms with Crippen molar-refractivity contribution in [3.63, 3.8) is 0 Å². The number of aliphatic hydroxyl groups excluding tert-OH is 1. The molecule has 2 unspecified atom stereocenters. The van der Waals surface area contributed by atoms with Crippen molar-refractivity contribution in [2.75, 3.05) is 6.54 Å². The molecule has 8 nitrogen and oxygen atoms in total. The summed E-state index contributed by atoms with van der Waals surface area (Å²) in [6.45, 7) is 0.316. The van der Waals surface area contributed by atoms with Crippen LogP contribution in [-0.4, -0.2) is 48.4 Å². The van der Waals surface area contributed by atoms with Gasteiger partial charge < -0.3 is 15.9 Å². The minimum atomic E-state index is -4.11. The molecule has 5 N–H and O–H groups in total. The summed E-state index contributed by atoms with van der Waals surface area (Å²) in [5.74, 6) is -2.63. The van der Waals surface area contributed by atoms with Crippen LogP contribution in [0.2, 0.25) is 0 Å². The Morgan fingerprint density at radius 3 is 2.27 bits per heavy atom. The van der Waals surface area contributed by atoms with Crippen LogP contribution in [0.5, 0.6) is 0 Å². The lowest BCUT2D eigenvalue weighted by Crippen LogP contribution is -2.44. The van der Waals surface area contributed by atoms with Crippen LogP contribution in [0, 0.1) is 0 Å². The molecule has 9 heteroatoms. The Morgan fingerprint density at radius 2 is 1.93 bits per heavy atom. The summed E-state index contributed by atoms with van der Waals surface area (Å²) in [5.41, 5.74) is 4.66. The molecule has 0 aromatic carbocycles. The summed E-state index contributed by atoms with van der Waals surface area (Å²) in [7, 11) is -4.11. The molecule has 0 radical (unpaired) electrons. The molecular formula is C6H12N2O6S. The monoisotopic (exact) mass is 240 g/mol. The number of amides is 1. The van der Waals surface area contributed by atoms with Gasteiger partial charge in [0.05, 0.1) is 0 Å². The Labute approximate surface area is 86.1 Å². The van der Waals surface area contributed by atoms with Gasteiger partial charge in [-0.05, 0) is 6.92 Å². The number of rotatable bonds is 6. The predicted octanol–water partition coefficient (Wildman–Crippen LogP) is -2.77. The van der Waals surface area contributed by atoms with Crippen molar-refractivity contribution in [2.45, 2.75) is 18.3 Å². The third kappa shape index (κ3) is 4.23. The molecule has 88 valence electrons. The standard InChI is InChI=1S/C6H12N2O6S/c1-3(6(11)12)15(13,14)8-2-4(9)5(7)10/h3-4,8-9H,2H2,1H3,(H2,7,10)(H,11,12). The largest absolute Gasteiger partial charge is 0.480 e. The molecule has 0 aromatic heterocycles. The van der Waals surface area contributed by atoms with E-state index in [9.17, 15) is 18.0 Å². The smallest absolute Gasteiger partial charge is 0.323 e. The first kappa shape index (κ1) is 13.8. The quantitative estimate of drug-likeness (QED) is 0.395. The molecule has 1 amide bonds. The maximum atomic E-state index is 11.1. The number of aliphatic hydroxyl groups is 1. The molecule has 0 spiro atoms. The third-order valence-corrected chi connectivity index (χ3v) is 3.32. The third-order valence-electron chi connectivity index (χ3n) is 1.62. The predicted molar refractivity (Wildman–Crippen MR) is 49.2 cm³/mol. The molecule has 0 bridgehead atoms. The molecule has 0 aliphatic carbocycles.